The largest absolute Gasteiger partial charge is 0.284 e. The maximum atomic E-state index is 12.0. The molecule has 0 unspecified atom stereocenters. The quantitative estimate of drug-likeness (QED) is 0.658. The molecule has 0 radical (unpaired) electrons. The van der Waals surface area contributed by atoms with Crippen LogP contribution in [-0.4, -0.2) is 18.9 Å². The molecule has 0 aliphatic heterocycles. The second-order valence-electron chi connectivity index (χ2n) is 4.17. The monoisotopic (exact) mass is 345 g/mol. The Balaban J connectivity index is 2.39. The summed E-state index contributed by atoms with van der Waals surface area (Å²) in [6.07, 6.45) is 0.892. The Kier molecular flexibility index (Phi) is 3.34. The van der Waals surface area contributed by atoms with Crippen molar-refractivity contribution in [2.45, 2.75) is 23.3 Å². The van der Waals surface area contributed by atoms with Crippen LogP contribution in [0.15, 0.2) is 27.6 Å². The number of nitro groups is 1. The van der Waals surface area contributed by atoms with Crippen LogP contribution in [0.3, 0.4) is 0 Å². The minimum Gasteiger partial charge on any atom is -0.258 e. The summed E-state index contributed by atoms with van der Waals surface area (Å²) in [6.45, 7) is 0. The van der Waals surface area contributed by atoms with Crippen LogP contribution in [0, 0.1) is 21.4 Å². The number of hydrogen-bond donors (Lipinski definition) is 1. The van der Waals surface area contributed by atoms with E-state index in [1.807, 2.05) is 6.07 Å². The van der Waals surface area contributed by atoms with Gasteiger partial charge in [0.25, 0.3) is 5.69 Å². The van der Waals surface area contributed by atoms with E-state index in [-0.39, 0.29) is 15.1 Å². The summed E-state index contributed by atoms with van der Waals surface area (Å²) >= 11 is 2.98. The number of nitro benzene ring substituents is 1. The van der Waals surface area contributed by atoms with Crippen molar-refractivity contribution in [3.63, 3.8) is 0 Å². The molecule has 1 aliphatic carbocycles. The normalized spacial score (nSPS) is 16.6. The van der Waals surface area contributed by atoms with Gasteiger partial charge in [-0.2, -0.15) is 9.98 Å². The third-order valence-electron chi connectivity index (χ3n) is 2.72. The Bertz CT molecular complexity index is 691. The minimum atomic E-state index is -3.94. The van der Waals surface area contributed by atoms with Gasteiger partial charge in [0.05, 0.1) is 20.4 Å². The summed E-state index contributed by atoms with van der Waals surface area (Å²) < 4.78 is 26.5. The highest BCUT2D eigenvalue weighted by Gasteiger charge is 2.46. The lowest BCUT2D eigenvalue weighted by Gasteiger charge is -2.10. The first-order valence-corrected chi connectivity index (χ1v) is 7.46. The fraction of sp³-hybridized carbons (Fsp3) is 0.300. The van der Waals surface area contributed by atoms with Crippen LogP contribution in [0.25, 0.3) is 0 Å². The smallest absolute Gasteiger partial charge is 0.258 e. The molecule has 0 saturated heterocycles. The molecule has 1 aromatic rings. The first-order chi connectivity index (χ1) is 8.80. The lowest BCUT2D eigenvalue weighted by molar-refractivity contribution is -0.385. The Hall–Kier alpha value is -1.50. The SMILES string of the molecule is N#CC1(NS(=O)(=O)c2ccc(Br)c([N+](=O)[O-])c2)CC1. The van der Waals surface area contributed by atoms with Crippen LogP contribution in [0.1, 0.15) is 12.8 Å². The number of hydrogen-bond acceptors (Lipinski definition) is 5. The van der Waals surface area contributed by atoms with Gasteiger partial charge in [-0.15, -0.1) is 0 Å². The summed E-state index contributed by atoms with van der Waals surface area (Å²) in [7, 11) is -3.94. The summed E-state index contributed by atoms with van der Waals surface area (Å²) in [6, 6.07) is 5.39. The molecule has 1 aliphatic rings. The molecule has 19 heavy (non-hydrogen) atoms. The molecule has 0 aromatic heterocycles. The third kappa shape index (κ3) is 2.75. The van der Waals surface area contributed by atoms with Crippen molar-refractivity contribution in [1.82, 2.24) is 4.72 Å². The van der Waals surface area contributed by atoms with Crippen molar-refractivity contribution in [3.05, 3.63) is 32.8 Å². The molecular formula is C10H8BrN3O4S. The number of benzene rings is 1. The average molecular weight is 346 g/mol. The molecule has 2 rings (SSSR count). The molecule has 0 bridgehead atoms. The van der Waals surface area contributed by atoms with Gasteiger partial charge < -0.3 is 0 Å². The van der Waals surface area contributed by atoms with Gasteiger partial charge >= 0.3 is 0 Å². The van der Waals surface area contributed by atoms with E-state index in [4.69, 9.17) is 5.26 Å². The number of nitrogens with one attached hydrogen (secondary N) is 1. The standard InChI is InChI=1S/C10H8BrN3O4S/c11-8-2-1-7(5-9(8)14(15)16)19(17,18)13-10(6-12)3-4-10/h1-2,5,13H,3-4H2. The van der Waals surface area contributed by atoms with Crippen molar-refractivity contribution in [2.75, 3.05) is 0 Å². The summed E-state index contributed by atoms with van der Waals surface area (Å²) in [5, 5.41) is 19.6. The first kappa shape index (κ1) is 13.9. The van der Waals surface area contributed by atoms with Crippen LogP contribution in [0.5, 0.6) is 0 Å². The fourth-order valence-corrected chi connectivity index (χ4v) is 3.26. The number of nitriles is 1. The zero-order valence-corrected chi connectivity index (χ0v) is 11.9. The fourth-order valence-electron chi connectivity index (χ4n) is 1.48. The van der Waals surface area contributed by atoms with Crippen molar-refractivity contribution in [2.24, 2.45) is 0 Å². The summed E-state index contributed by atoms with van der Waals surface area (Å²) in [5.41, 5.74) is -1.40. The second kappa shape index (κ2) is 4.56. The van der Waals surface area contributed by atoms with Crippen LogP contribution < -0.4 is 4.72 Å². The number of sulfonamides is 1. The highest BCUT2D eigenvalue weighted by Crippen LogP contribution is 2.36. The van der Waals surface area contributed by atoms with Gasteiger partial charge in [0.15, 0.2) is 0 Å². The minimum absolute atomic E-state index is 0.192. The van der Waals surface area contributed by atoms with Gasteiger partial charge in [-0.3, -0.25) is 10.1 Å². The Morgan fingerprint density at radius 1 is 1.47 bits per heavy atom. The second-order valence-corrected chi connectivity index (χ2v) is 6.71. The van der Waals surface area contributed by atoms with E-state index >= 15 is 0 Å². The molecule has 1 fully saturated rings. The van der Waals surface area contributed by atoms with E-state index in [2.05, 4.69) is 20.7 Å². The molecule has 100 valence electrons. The number of halogens is 1. The lowest BCUT2D eigenvalue weighted by Crippen LogP contribution is -2.35. The zero-order valence-electron chi connectivity index (χ0n) is 9.46. The lowest BCUT2D eigenvalue weighted by atomic mass is 10.3. The molecule has 7 nitrogen and oxygen atoms in total. The molecule has 0 amide bonds. The van der Waals surface area contributed by atoms with Gasteiger partial charge in [-0.05, 0) is 40.9 Å². The predicted octanol–water partition coefficient (Wildman–Crippen LogP) is 1.69. The Morgan fingerprint density at radius 3 is 2.58 bits per heavy atom. The predicted molar refractivity (Wildman–Crippen MR) is 68.7 cm³/mol. The van der Waals surface area contributed by atoms with E-state index in [1.165, 1.54) is 12.1 Å². The van der Waals surface area contributed by atoms with E-state index in [0.717, 1.165) is 6.07 Å². The molecule has 0 spiro atoms. The van der Waals surface area contributed by atoms with E-state index in [1.54, 1.807) is 0 Å². The van der Waals surface area contributed by atoms with Crippen LogP contribution in [0.2, 0.25) is 0 Å². The number of rotatable bonds is 4. The van der Waals surface area contributed by atoms with Gasteiger partial charge in [0, 0.05) is 6.07 Å². The average Bonchev–Trinajstić information content (AvgIpc) is 3.08. The molecule has 0 heterocycles. The van der Waals surface area contributed by atoms with Crippen LogP contribution >= 0.6 is 15.9 Å². The summed E-state index contributed by atoms with van der Waals surface area (Å²) in [4.78, 5) is 9.85. The Labute approximate surface area is 117 Å². The van der Waals surface area contributed by atoms with Crippen molar-refractivity contribution < 1.29 is 13.3 Å². The molecule has 9 heteroatoms. The topological polar surface area (TPSA) is 113 Å². The van der Waals surface area contributed by atoms with Gasteiger partial charge in [-0.25, -0.2) is 8.42 Å². The number of nitrogens with zero attached hydrogens (tertiary/aromatic N) is 2. The van der Waals surface area contributed by atoms with Gasteiger partial charge in [0.1, 0.15) is 5.54 Å². The van der Waals surface area contributed by atoms with E-state index in [9.17, 15) is 18.5 Å². The van der Waals surface area contributed by atoms with Crippen LogP contribution in [0.4, 0.5) is 5.69 Å². The third-order valence-corrected chi connectivity index (χ3v) is 4.92. The van der Waals surface area contributed by atoms with E-state index < -0.39 is 20.5 Å². The Morgan fingerprint density at radius 2 is 2.11 bits per heavy atom. The van der Waals surface area contributed by atoms with Crippen LogP contribution in [-0.2, 0) is 10.0 Å². The van der Waals surface area contributed by atoms with Crippen molar-refractivity contribution >= 4 is 31.6 Å². The maximum absolute atomic E-state index is 12.0. The highest BCUT2D eigenvalue weighted by atomic mass is 79.9. The van der Waals surface area contributed by atoms with Gasteiger partial charge in [0.2, 0.25) is 10.0 Å². The van der Waals surface area contributed by atoms with E-state index in [0.29, 0.717) is 12.8 Å². The van der Waals surface area contributed by atoms with Crippen molar-refractivity contribution in [3.8, 4) is 6.07 Å². The molecule has 1 saturated carbocycles. The van der Waals surface area contributed by atoms with Crippen molar-refractivity contribution in [1.29, 1.82) is 5.26 Å². The first-order valence-electron chi connectivity index (χ1n) is 5.19. The molecule has 1 aromatic carbocycles. The highest BCUT2D eigenvalue weighted by molar-refractivity contribution is 9.10. The molecule has 0 atom stereocenters. The maximum Gasteiger partial charge on any atom is 0.284 e. The molecule has 1 N–H and O–H groups in total. The molecular weight excluding hydrogens is 338 g/mol. The van der Waals surface area contributed by atoms with Gasteiger partial charge in [-0.1, -0.05) is 0 Å². The zero-order chi connectivity index (χ0) is 14.3. The summed E-state index contributed by atoms with van der Waals surface area (Å²) in [5.74, 6) is 0.